The third kappa shape index (κ3) is 4.36. The van der Waals surface area contributed by atoms with Crippen molar-refractivity contribution in [2.75, 3.05) is 12.0 Å². The molecule has 2 atom stereocenters. The van der Waals surface area contributed by atoms with Crippen LogP contribution in [0.15, 0.2) is 29.5 Å². The number of hydrogen-bond acceptors (Lipinski definition) is 8. The Morgan fingerprint density at radius 3 is 2.70 bits per heavy atom. The molecule has 7 nitrogen and oxygen atoms in total. The van der Waals surface area contributed by atoms with Gasteiger partial charge >= 0.3 is 6.18 Å². The maximum absolute atomic E-state index is 14.7. The van der Waals surface area contributed by atoms with E-state index < -0.39 is 59.8 Å². The minimum atomic E-state index is -4.90. The molecule has 0 spiro atoms. The molecule has 0 bridgehead atoms. The summed E-state index contributed by atoms with van der Waals surface area (Å²) in [6.45, 7) is -1.49. The fourth-order valence-electron chi connectivity index (χ4n) is 3.34. The maximum Gasteiger partial charge on any atom is 0.425 e. The van der Waals surface area contributed by atoms with Crippen molar-refractivity contribution in [3.63, 3.8) is 0 Å². The van der Waals surface area contributed by atoms with Crippen molar-refractivity contribution in [3.8, 4) is 0 Å². The topological polar surface area (TPSA) is 98.3 Å². The van der Waals surface area contributed by atoms with E-state index in [0.717, 1.165) is 18.5 Å². The van der Waals surface area contributed by atoms with E-state index in [1.807, 2.05) is 0 Å². The fraction of sp³-hybridized carbons (Fsp3) is 0.333. The summed E-state index contributed by atoms with van der Waals surface area (Å²) in [5, 5.41) is 2.23. The second-order valence-electron chi connectivity index (χ2n) is 7.02. The van der Waals surface area contributed by atoms with Crippen LogP contribution in [0, 0.1) is 5.82 Å². The number of benzene rings is 1. The van der Waals surface area contributed by atoms with Gasteiger partial charge in [-0.2, -0.15) is 13.2 Å². The summed E-state index contributed by atoms with van der Waals surface area (Å²) in [5.74, 6) is -1.04. The van der Waals surface area contributed by atoms with Gasteiger partial charge in [0.15, 0.2) is 16.9 Å². The van der Waals surface area contributed by atoms with Crippen molar-refractivity contribution in [1.82, 2.24) is 15.0 Å². The van der Waals surface area contributed by atoms with E-state index in [-0.39, 0.29) is 21.9 Å². The van der Waals surface area contributed by atoms with Crippen molar-refractivity contribution in [2.24, 2.45) is 10.7 Å². The summed E-state index contributed by atoms with van der Waals surface area (Å²) >= 11 is 0.650. The van der Waals surface area contributed by atoms with Crippen molar-refractivity contribution >= 4 is 39.2 Å². The zero-order valence-electron chi connectivity index (χ0n) is 16.2. The number of nitrogens with zero attached hydrogens (tertiary/aromatic N) is 4. The largest absolute Gasteiger partial charge is 0.452 e. The first-order valence-electron chi connectivity index (χ1n) is 9.14. The lowest BCUT2D eigenvalue weighted by Crippen LogP contribution is -2.48. The summed E-state index contributed by atoms with van der Waals surface area (Å²) < 4.78 is 99.0. The number of thiazole rings is 1. The van der Waals surface area contributed by atoms with Gasteiger partial charge in [-0.3, -0.25) is 0 Å². The number of rotatable bonds is 5. The number of fused-ring (bicyclic) bond motifs is 1. The summed E-state index contributed by atoms with van der Waals surface area (Å²) in [7, 11) is 0. The van der Waals surface area contributed by atoms with E-state index in [1.54, 1.807) is 0 Å². The average Bonchev–Trinajstić information content (AvgIpc) is 3.20. The second kappa shape index (κ2) is 8.28. The molecule has 3 aromatic rings. The molecule has 3 heterocycles. The normalized spacial score (nSPS) is 21.2. The molecule has 0 radical (unpaired) electrons. The Morgan fingerprint density at radius 2 is 2.03 bits per heavy atom. The van der Waals surface area contributed by atoms with Gasteiger partial charge in [0, 0.05) is 17.7 Å². The van der Waals surface area contributed by atoms with E-state index >= 15 is 0 Å². The Balaban J connectivity index is 1.74. The third-order valence-electron chi connectivity index (χ3n) is 4.83. The third-order valence-corrected chi connectivity index (χ3v) is 5.80. The van der Waals surface area contributed by atoms with E-state index in [4.69, 9.17) is 5.73 Å². The van der Waals surface area contributed by atoms with Gasteiger partial charge in [-0.25, -0.2) is 37.5 Å². The summed E-state index contributed by atoms with van der Waals surface area (Å²) in [4.78, 5) is 15.4. The molecule has 1 aliphatic heterocycles. The molecular formula is C18H13F7N6OS. The molecule has 1 aliphatic rings. The van der Waals surface area contributed by atoms with Gasteiger partial charge in [-0.05, 0) is 18.2 Å². The molecular weight excluding hydrogens is 481 g/mol. The van der Waals surface area contributed by atoms with Crippen LogP contribution in [0.2, 0.25) is 0 Å². The summed E-state index contributed by atoms with van der Waals surface area (Å²) in [6, 6.07) is 2.20. The van der Waals surface area contributed by atoms with Crippen molar-refractivity contribution in [1.29, 1.82) is 0 Å². The van der Waals surface area contributed by atoms with Gasteiger partial charge in [0.1, 0.15) is 34.7 Å². The molecule has 2 aromatic heterocycles. The van der Waals surface area contributed by atoms with Gasteiger partial charge in [0.05, 0.1) is 0 Å². The molecule has 4 rings (SSSR count). The number of nitrogens with one attached hydrogen (secondary N) is 1. The molecule has 2 unspecified atom stereocenters. The molecule has 0 saturated carbocycles. The number of halogens is 7. The highest BCUT2D eigenvalue weighted by Crippen LogP contribution is 2.42. The molecule has 1 aromatic carbocycles. The molecule has 15 heteroatoms. The number of nitrogens with two attached hydrogens (primary N) is 1. The molecule has 0 aliphatic carbocycles. The van der Waals surface area contributed by atoms with Crippen LogP contribution in [0.25, 0.3) is 10.3 Å². The van der Waals surface area contributed by atoms with Crippen molar-refractivity contribution in [2.45, 2.75) is 30.7 Å². The van der Waals surface area contributed by atoms with E-state index in [0.29, 0.717) is 11.3 Å². The lowest BCUT2D eigenvalue weighted by molar-refractivity contribution is -0.209. The number of anilines is 2. The molecule has 0 saturated heterocycles. The van der Waals surface area contributed by atoms with Crippen molar-refractivity contribution in [3.05, 3.63) is 40.9 Å². The highest BCUT2D eigenvalue weighted by atomic mass is 32.1. The Morgan fingerprint density at radius 1 is 1.27 bits per heavy atom. The number of amidine groups is 1. The zero-order chi connectivity index (χ0) is 24.0. The van der Waals surface area contributed by atoms with Crippen LogP contribution in [0.4, 0.5) is 42.2 Å². The standard InChI is InChI=1S/C18H13F7N6OS/c19-5-17(4-10(18(23,24)25)32-16(26)31-17)8-3-7(1-2-9(8)20)29-13-11-14(28-6-27-13)33-15(30-11)12(21)22/h1-3,6,10,12H,4-5H2,(H2,26,31)(H,27,28,29). The molecule has 0 fully saturated rings. The Kier molecular flexibility index (Phi) is 5.76. The van der Waals surface area contributed by atoms with E-state index in [1.165, 1.54) is 6.07 Å². The number of hydrogen-bond donors (Lipinski definition) is 2. The van der Waals surface area contributed by atoms with E-state index in [2.05, 4.69) is 30.0 Å². The highest BCUT2D eigenvalue weighted by Gasteiger charge is 2.52. The molecule has 3 N–H and O–H groups in total. The Labute approximate surface area is 184 Å². The predicted molar refractivity (Wildman–Crippen MR) is 105 cm³/mol. The van der Waals surface area contributed by atoms with Crippen LogP contribution < -0.4 is 11.1 Å². The van der Waals surface area contributed by atoms with Crippen LogP contribution in [-0.2, 0) is 10.3 Å². The minimum absolute atomic E-state index is 0.00865. The molecule has 176 valence electrons. The Bertz CT molecular complexity index is 1220. The van der Waals surface area contributed by atoms with Crippen molar-refractivity contribution < 1.29 is 35.5 Å². The monoisotopic (exact) mass is 494 g/mol. The quantitative estimate of drug-likeness (QED) is 0.498. The van der Waals surface area contributed by atoms with Crippen LogP contribution in [0.5, 0.6) is 0 Å². The van der Waals surface area contributed by atoms with Gasteiger partial charge in [0.25, 0.3) is 12.4 Å². The number of ether oxygens (including phenoxy) is 1. The van der Waals surface area contributed by atoms with Gasteiger partial charge in [0.2, 0.25) is 0 Å². The van der Waals surface area contributed by atoms with Crippen LogP contribution >= 0.6 is 11.3 Å². The minimum Gasteiger partial charge on any atom is -0.452 e. The van der Waals surface area contributed by atoms with Gasteiger partial charge < -0.3 is 15.8 Å². The SMILES string of the molecule is NC1=NC(CF)(c2cc(Nc3ncnc4sc(C(F)F)nc34)ccc2F)CC(C(F)(F)F)O1. The first kappa shape index (κ1) is 22.9. The second-order valence-corrected chi connectivity index (χ2v) is 8.03. The smallest absolute Gasteiger partial charge is 0.425 e. The lowest BCUT2D eigenvalue weighted by Gasteiger charge is -2.36. The van der Waals surface area contributed by atoms with Gasteiger partial charge in [-0.15, -0.1) is 0 Å². The first-order valence-corrected chi connectivity index (χ1v) is 9.95. The van der Waals surface area contributed by atoms with Gasteiger partial charge in [-0.1, -0.05) is 11.3 Å². The van der Waals surface area contributed by atoms with Crippen LogP contribution in [0.1, 0.15) is 23.4 Å². The number of aromatic nitrogens is 3. The number of aliphatic imine (C=N–C) groups is 1. The van der Waals surface area contributed by atoms with E-state index in [9.17, 15) is 30.7 Å². The zero-order valence-corrected chi connectivity index (χ0v) is 17.0. The summed E-state index contributed by atoms with van der Waals surface area (Å²) in [6.07, 6.45) is -10.2. The van der Waals surface area contributed by atoms with Crippen LogP contribution in [-0.4, -0.2) is 39.9 Å². The predicted octanol–water partition coefficient (Wildman–Crippen LogP) is 4.74. The molecule has 0 amide bonds. The Hall–Kier alpha value is -3.23. The van der Waals surface area contributed by atoms with Crippen LogP contribution in [0.3, 0.4) is 0 Å². The fourth-order valence-corrected chi connectivity index (χ4v) is 4.10. The lowest BCUT2D eigenvalue weighted by atomic mass is 9.84. The maximum atomic E-state index is 14.7. The first-order chi connectivity index (χ1) is 15.5. The average molecular weight is 494 g/mol. The molecule has 33 heavy (non-hydrogen) atoms. The highest BCUT2D eigenvalue weighted by molar-refractivity contribution is 7.18. The number of alkyl halides is 6. The summed E-state index contributed by atoms with van der Waals surface area (Å²) in [5.41, 5.74) is 2.62.